The summed E-state index contributed by atoms with van der Waals surface area (Å²) in [7, 11) is -3.11. The predicted molar refractivity (Wildman–Crippen MR) is 83.0 cm³/mol. The van der Waals surface area contributed by atoms with Crippen LogP contribution in [0.3, 0.4) is 0 Å². The molecule has 0 spiro atoms. The molecule has 0 bridgehead atoms. The van der Waals surface area contributed by atoms with Crippen molar-refractivity contribution in [3.63, 3.8) is 0 Å². The number of halogens is 1. The number of hydrogen-bond donors (Lipinski definition) is 1. The van der Waals surface area contributed by atoms with E-state index in [1.165, 1.54) is 18.2 Å². The van der Waals surface area contributed by atoms with Gasteiger partial charge in [0.25, 0.3) is 0 Å². The highest BCUT2D eigenvalue weighted by atomic mass is 32.2. The van der Waals surface area contributed by atoms with E-state index in [1.54, 1.807) is 13.0 Å². The van der Waals surface area contributed by atoms with Crippen LogP contribution >= 0.6 is 0 Å². The zero-order valence-electron chi connectivity index (χ0n) is 12.9. The van der Waals surface area contributed by atoms with Crippen LogP contribution in [-0.2, 0) is 21.2 Å². The molecule has 24 heavy (non-hydrogen) atoms. The van der Waals surface area contributed by atoms with Crippen LogP contribution in [0.25, 0.3) is 11.4 Å². The van der Waals surface area contributed by atoms with Crippen LogP contribution < -0.4 is 5.32 Å². The Morgan fingerprint density at radius 2 is 2.25 bits per heavy atom. The summed E-state index contributed by atoms with van der Waals surface area (Å²) >= 11 is 0. The second kappa shape index (κ2) is 5.93. The van der Waals surface area contributed by atoms with E-state index < -0.39 is 27.1 Å². The van der Waals surface area contributed by atoms with Gasteiger partial charge in [-0.3, -0.25) is 4.79 Å². The first-order valence-electron chi connectivity index (χ1n) is 7.30. The number of rotatable bonds is 4. The summed E-state index contributed by atoms with van der Waals surface area (Å²) in [6.45, 7) is 1.50. The zero-order chi connectivity index (χ0) is 17.4. The summed E-state index contributed by atoms with van der Waals surface area (Å²) in [4.78, 5) is 13.2. The van der Waals surface area contributed by atoms with Crippen LogP contribution in [0, 0.1) is 5.82 Å². The van der Waals surface area contributed by atoms with E-state index in [4.69, 9.17) is 0 Å². The van der Waals surface area contributed by atoms with Gasteiger partial charge in [0.15, 0.2) is 9.84 Å². The van der Waals surface area contributed by atoms with E-state index in [0.717, 1.165) is 4.80 Å². The topological polar surface area (TPSA) is 107 Å². The van der Waals surface area contributed by atoms with Crippen LogP contribution in [-0.4, -0.2) is 51.6 Å². The van der Waals surface area contributed by atoms with Gasteiger partial charge >= 0.3 is 0 Å². The molecular weight excluding hydrogens is 337 g/mol. The van der Waals surface area contributed by atoms with Crippen LogP contribution in [0.2, 0.25) is 0 Å². The number of nitrogens with one attached hydrogen (secondary N) is 1. The maximum atomic E-state index is 13.2. The smallest absolute Gasteiger partial charge is 0.244 e. The first-order valence-corrected chi connectivity index (χ1v) is 9.12. The van der Waals surface area contributed by atoms with Gasteiger partial charge in [-0.2, -0.15) is 4.80 Å². The molecule has 10 heteroatoms. The lowest BCUT2D eigenvalue weighted by Crippen LogP contribution is -2.48. The second-order valence-corrected chi connectivity index (χ2v) is 8.29. The summed E-state index contributed by atoms with van der Waals surface area (Å²) < 4.78 is 36.3. The second-order valence-electron chi connectivity index (χ2n) is 6.10. The van der Waals surface area contributed by atoms with Gasteiger partial charge in [0.1, 0.15) is 12.4 Å². The van der Waals surface area contributed by atoms with E-state index in [9.17, 15) is 17.6 Å². The molecule has 1 aromatic heterocycles. The number of sulfone groups is 1. The molecule has 0 radical (unpaired) electrons. The number of aromatic nitrogens is 4. The van der Waals surface area contributed by atoms with E-state index in [1.807, 2.05) is 0 Å². The quantitative estimate of drug-likeness (QED) is 0.840. The van der Waals surface area contributed by atoms with Gasteiger partial charge in [0.05, 0.1) is 17.0 Å². The van der Waals surface area contributed by atoms with Gasteiger partial charge in [0.2, 0.25) is 11.7 Å². The Hall–Kier alpha value is -2.36. The van der Waals surface area contributed by atoms with E-state index in [2.05, 4.69) is 20.7 Å². The first kappa shape index (κ1) is 16.5. The van der Waals surface area contributed by atoms with Crippen molar-refractivity contribution in [3.8, 4) is 11.4 Å². The molecule has 3 rings (SSSR count). The van der Waals surface area contributed by atoms with E-state index >= 15 is 0 Å². The molecule has 1 atom stereocenters. The fraction of sp³-hybridized carbons (Fsp3) is 0.429. The third-order valence-corrected chi connectivity index (χ3v) is 5.67. The van der Waals surface area contributed by atoms with E-state index in [-0.39, 0.29) is 23.9 Å². The molecule has 0 saturated carbocycles. The molecule has 1 amide bonds. The molecular formula is C14H16FN5O3S. The maximum absolute atomic E-state index is 13.2. The lowest BCUT2D eigenvalue weighted by atomic mass is 10.0. The maximum Gasteiger partial charge on any atom is 0.244 e. The number of benzene rings is 1. The Labute approximate surface area is 138 Å². The highest BCUT2D eigenvalue weighted by Crippen LogP contribution is 2.22. The standard InChI is InChI=1S/C14H16FN5O3S/c1-14(5-6-24(22,23)9-14)16-12(21)8-20-18-13(17-19-20)10-3-2-4-11(15)7-10/h2-4,7H,5-6,8-9H2,1H3,(H,16,21)/t14-/m0/s1. The van der Waals surface area contributed by atoms with Gasteiger partial charge in [-0.25, -0.2) is 12.8 Å². The van der Waals surface area contributed by atoms with Crippen molar-refractivity contribution >= 4 is 15.7 Å². The average Bonchev–Trinajstić information content (AvgIpc) is 3.03. The van der Waals surface area contributed by atoms with Crippen molar-refractivity contribution in [1.29, 1.82) is 0 Å². The van der Waals surface area contributed by atoms with Crippen LogP contribution in [0.5, 0.6) is 0 Å². The molecule has 1 fully saturated rings. The van der Waals surface area contributed by atoms with Crippen molar-refractivity contribution in [2.45, 2.75) is 25.4 Å². The Morgan fingerprint density at radius 1 is 1.46 bits per heavy atom. The van der Waals surface area contributed by atoms with Gasteiger partial charge in [-0.05, 0) is 30.7 Å². The summed E-state index contributed by atoms with van der Waals surface area (Å²) in [6, 6.07) is 5.73. The summed E-state index contributed by atoms with van der Waals surface area (Å²) in [5.74, 6) is -0.633. The first-order chi connectivity index (χ1) is 11.2. The lowest BCUT2D eigenvalue weighted by Gasteiger charge is -2.23. The number of carbonyl (C=O) groups is 1. The minimum absolute atomic E-state index is 0.0646. The number of tetrazole rings is 1. The average molecular weight is 353 g/mol. The highest BCUT2D eigenvalue weighted by molar-refractivity contribution is 7.91. The molecule has 1 N–H and O–H groups in total. The van der Waals surface area contributed by atoms with Crippen LogP contribution in [0.15, 0.2) is 24.3 Å². The Balaban J connectivity index is 1.66. The molecule has 2 aromatic rings. The molecule has 128 valence electrons. The summed E-state index contributed by atoms with van der Waals surface area (Å²) in [5, 5.41) is 14.3. The number of amides is 1. The predicted octanol–water partition coefficient (Wildman–Crippen LogP) is 0.173. The fourth-order valence-corrected chi connectivity index (χ4v) is 4.76. The van der Waals surface area contributed by atoms with Gasteiger partial charge in [0, 0.05) is 5.56 Å². The Kier molecular flexibility index (Phi) is 4.08. The zero-order valence-corrected chi connectivity index (χ0v) is 13.8. The summed E-state index contributed by atoms with van der Waals surface area (Å²) in [6.07, 6.45) is 0.375. The van der Waals surface area contributed by atoms with Crippen LogP contribution in [0.4, 0.5) is 4.39 Å². The molecule has 1 aromatic carbocycles. The number of carbonyl (C=O) groups excluding carboxylic acids is 1. The highest BCUT2D eigenvalue weighted by Gasteiger charge is 2.39. The monoisotopic (exact) mass is 353 g/mol. The number of nitrogens with zero attached hydrogens (tertiary/aromatic N) is 4. The molecule has 1 saturated heterocycles. The molecule has 0 aliphatic carbocycles. The van der Waals surface area contributed by atoms with Crippen molar-refractivity contribution in [3.05, 3.63) is 30.1 Å². The van der Waals surface area contributed by atoms with E-state index in [0.29, 0.717) is 12.0 Å². The van der Waals surface area contributed by atoms with Gasteiger partial charge in [-0.15, -0.1) is 10.2 Å². The molecule has 2 heterocycles. The number of hydrogen-bond acceptors (Lipinski definition) is 6. The van der Waals surface area contributed by atoms with Gasteiger partial charge in [-0.1, -0.05) is 12.1 Å². The van der Waals surface area contributed by atoms with Gasteiger partial charge < -0.3 is 5.32 Å². The Bertz CT molecular complexity index is 882. The fourth-order valence-electron chi connectivity index (χ4n) is 2.67. The van der Waals surface area contributed by atoms with Crippen molar-refractivity contribution in [2.75, 3.05) is 11.5 Å². The normalized spacial score (nSPS) is 22.4. The molecule has 0 unspecified atom stereocenters. The SMILES string of the molecule is C[C@]1(NC(=O)Cn2nnc(-c3cccc(F)c3)n2)CCS(=O)(=O)C1. The van der Waals surface area contributed by atoms with Crippen molar-refractivity contribution in [2.24, 2.45) is 0 Å². The van der Waals surface area contributed by atoms with Crippen molar-refractivity contribution < 1.29 is 17.6 Å². The minimum Gasteiger partial charge on any atom is -0.348 e. The Morgan fingerprint density at radius 3 is 2.92 bits per heavy atom. The van der Waals surface area contributed by atoms with Crippen molar-refractivity contribution in [1.82, 2.24) is 25.5 Å². The third kappa shape index (κ3) is 3.75. The lowest BCUT2D eigenvalue weighted by molar-refractivity contribution is -0.123. The summed E-state index contributed by atoms with van der Waals surface area (Å²) in [5.41, 5.74) is -0.322. The van der Waals surface area contributed by atoms with Crippen LogP contribution in [0.1, 0.15) is 13.3 Å². The molecule has 8 nitrogen and oxygen atoms in total. The third-order valence-electron chi connectivity index (χ3n) is 3.77. The largest absolute Gasteiger partial charge is 0.348 e. The minimum atomic E-state index is -3.11. The molecule has 1 aliphatic heterocycles. The molecule has 1 aliphatic rings.